The van der Waals surface area contributed by atoms with Crippen LogP contribution in [-0.4, -0.2) is 58.8 Å². The van der Waals surface area contributed by atoms with Gasteiger partial charge in [-0.05, 0) is 30.3 Å². The van der Waals surface area contributed by atoms with E-state index in [9.17, 15) is 14.4 Å². The van der Waals surface area contributed by atoms with Crippen LogP contribution >= 0.6 is 11.3 Å². The van der Waals surface area contributed by atoms with Crippen LogP contribution in [0.3, 0.4) is 0 Å². The highest BCUT2D eigenvalue weighted by Crippen LogP contribution is 2.28. The Morgan fingerprint density at radius 1 is 0.968 bits per heavy atom. The molecule has 2 aromatic heterocycles. The Hall–Kier alpha value is -3.53. The van der Waals surface area contributed by atoms with E-state index in [1.54, 1.807) is 40.6 Å². The van der Waals surface area contributed by atoms with E-state index in [4.69, 9.17) is 0 Å². The number of benzene rings is 1. The van der Waals surface area contributed by atoms with Gasteiger partial charge >= 0.3 is 0 Å². The number of anilines is 3. The predicted molar refractivity (Wildman–Crippen MR) is 121 cm³/mol. The molecular formula is C21H22N6O3S. The Kier molecular flexibility index (Phi) is 5.81. The van der Waals surface area contributed by atoms with E-state index in [0.29, 0.717) is 43.1 Å². The minimum atomic E-state index is -0.252. The normalized spacial score (nSPS) is 13.9. The molecule has 1 saturated heterocycles. The van der Waals surface area contributed by atoms with E-state index in [-0.39, 0.29) is 17.7 Å². The summed E-state index contributed by atoms with van der Waals surface area (Å²) in [6.07, 6.45) is 1.76. The van der Waals surface area contributed by atoms with Gasteiger partial charge in [0.2, 0.25) is 11.8 Å². The average molecular weight is 439 g/mol. The van der Waals surface area contributed by atoms with Crippen LogP contribution in [-0.2, 0) is 9.59 Å². The van der Waals surface area contributed by atoms with Crippen molar-refractivity contribution in [2.24, 2.45) is 0 Å². The summed E-state index contributed by atoms with van der Waals surface area (Å²) >= 11 is 1.54. The largest absolute Gasteiger partial charge is 0.344 e. The first-order valence-corrected chi connectivity index (χ1v) is 10.7. The lowest BCUT2D eigenvalue weighted by molar-refractivity contribution is -0.115. The van der Waals surface area contributed by atoms with Gasteiger partial charge in [0.25, 0.3) is 5.91 Å². The standard InChI is InChI=1S/C21H22N6O3S/c1-13(28)23-16-10-15(11-17(12-16)24-14(2)29)20(30)26-6-8-27(9-7-26)21-25-18-4-3-5-22-19(18)31-21/h3-5,10-12H,6-9H2,1-2H3,(H,23,28)(H,24,29). The summed E-state index contributed by atoms with van der Waals surface area (Å²) in [7, 11) is 0. The maximum atomic E-state index is 13.1. The van der Waals surface area contributed by atoms with Crippen LogP contribution in [0, 0.1) is 0 Å². The zero-order chi connectivity index (χ0) is 22.0. The average Bonchev–Trinajstić information content (AvgIpc) is 3.16. The summed E-state index contributed by atoms with van der Waals surface area (Å²) in [5, 5.41) is 6.26. The second-order valence-corrected chi connectivity index (χ2v) is 8.22. The molecule has 3 heterocycles. The second kappa shape index (κ2) is 8.68. The highest BCUT2D eigenvalue weighted by molar-refractivity contribution is 7.21. The molecule has 0 unspecified atom stereocenters. The van der Waals surface area contributed by atoms with Crippen LogP contribution in [0.1, 0.15) is 24.2 Å². The number of aromatic nitrogens is 2. The molecule has 4 rings (SSSR count). The Bertz CT molecular complexity index is 1090. The predicted octanol–water partition coefficient (Wildman–Crippen LogP) is 2.57. The fourth-order valence-electron chi connectivity index (χ4n) is 3.48. The zero-order valence-corrected chi connectivity index (χ0v) is 18.0. The number of pyridine rings is 1. The molecule has 0 saturated carbocycles. The van der Waals surface area contributed by atoms with E-state index in [2.05, 4.69) is 25.5 Å². The van der Waals surface area contributed by atoms with Crippen LogP contribution in [0.4, 0.5) is 16.5 Å². The molecule has 0 spiro atoms. The van der Waals surface area contributed by atoms with E-state index >= 15 is 0 Å². The van der Waals surface area contributed by atoms with E-state index < -0.39 is 0 Å². The molecule has 0 atom stereocenters. The van der Waals surface area contributed by atoms with Crippen molar-refractivity contribution < 1.29 is 14.4 Å². The Morgan fingerprint density at radius 2 is 1.61 bits per heavy atom. The van der Waals surface area contributed by atoms with Crippen LogP contribution in [0.2, 0.25) is 0 Å². The zero-order valence-electron chi connectivity index (χ0n) is 17.2. The SMILES string of the molecule is CC(=O)Nc1cc(NC(C)=O)cc(C(=O)N2CCN(c3nc4cccnc4s3)CC2)c1. The number of hydrogen-bond acceptors (Lipinski definition) is 7. The summed E-state index contributed by atoms with van der Waals surface area (Å²) in [6.45, 7) is 5.20. The molecule has 0 aliphatic carbocycles. The highest BCUT2D eigenvalue weighted by atomic mass is 32.1. The number of nitrogens with one attached hydrogen (secondary N) is 2. The van der Waals surface area contributed by atoms with Gasteiger partial charge in [0.15, 0.2) is 5.13 Å². The molecule has 1 aliphatic rings. The maximum absolute atomic E-state index is 13.1. The van der Waals surface area contributed by atoms with Crippen molar-refractivity contribution in [2.45, 2.75) is 13.8 Å². The molecule has 3 amide bonds. The smallest absolute Gasteiger partial charge is 0.254 e. The van der Waals surface area contributed by atoms with Gasteiger partial charge in [-0.2, -0.15) is 0 Å². The molecule has 10 heteroatoms. The number of amides is 3. The third-order valence-electron chi connectivity index (χ3n) is 4.81. The monoisotopic (exact) mass is 438 g/mol. The molecule has 31 heavy (non-hydrogen) atoms. The van der Waals surface area contributed by atoms with Crippen molar-refractivity contribution in [3.05, 3.63) is 42.1 Å². The van der Waals surface area contributed by atoms with E-state index in [0.717, 1.165) is 15.5 Å². The summed E-state index contributed by atoms with van der Waals surface area (Å²) < 4.78 is 0. The van der Waals surface area contributed by atoms with Crippen LogP contribution in [0.25, 0.3) is 10.3 Å². The van der Waals surface area contributed by atoms with Gasteiger partial charge in [-0.3, -0.25) is 14.4 Å². The minimum Gasteiger partial charge on any atom is -0.344 e. The van der Waals surface area contributed by atoms with Gasteiger partial charge in [0.1, 0.15) is 10.3 Å². The lowest BCUT2D eigenvalue weighted by atomic mass is 10.1. The number of carbonyl (C=O) groups excluding carboxylic acids is 3. The number of hydrogen-bond donors (Lipinski definition) is 2. The van der Waals surface area contributed by atoms with Crippen molar-refractivity contribution in [1.29, 1.82) is 0 Å². The third-order valence-corrected chi connectivity index (χ3v) is 5.85. The summed E-state index contributed by atoms with van der Waals surface area (Å²) in [4.78, 5) is 49.8. The van der Waals surface area contributed by atoms with Gasteiger partial charge in [-0.1, -0.05) is 11.3 Å². The van der Waals surface area contributed by atoms with Gasteiger partial charge in [-0.25, -0.2) is 9.97 Å². The van der Waals surface area contributed by atoms with Crippen molar-refractivity contribution in [1.82, 2.24) is 14.9 Å². The lowest BCUT2D eigenvalue weighted by Gasteiger charge is -2.34. The Balaban J connectivity index is 1.48. The minimum absolute atomic E-state index is 0.149. The quantitative estimate of drug-likeness (QED) is 0.648. The summed E-state index contributed by atoms with van der Waals surface area (Å²) in [6, 6.07) is 8.68. The first-order chi connectivity index (χ1) is 14.9. The number of fused-ring (bicyclic) bond motifs is 1. The first kappa shape index (κ1) is 20.7. The Labute approximate surface area is 183 Å². The van der Waals surface area contributed by atoms with Crippen molar-refractivity contribution in [3.8, 4) is 0 Å². The molecular weight excluding hydrogens is 416 g/mol. The molecule has 3 aromatic rings. The Morgan fingerprint density at radius 3 is 2.19 bits per heavy atom. The third kappa shape index (κ3) is 4.80. The van der Waals surface area contributed by atoms with Gasteiger partial charge < -0.3 is 20.4 Å². The van der Waals surface area contributed by atoms with E-state index in [1.165, 1.54) is 13.8 Å². The van der Waals surface area contributed by atoms with Crippen LogP contribution in [0.5, 0.6) is 0 Å². The molecule has 1 fully saturated rings. The topological polar surface area (TPSA) is 108 Å². The molecule has 1 aromatic carbocycles. The van der Waals surface area contributed by atoms with E-state index in [1.807, 2.05) is 12.1 Å². The molecule has 0 bridgehead atoms. The van der Waals surface area contributed by atoms with Gasteiger partial charge in [-0.15, -0.1) is 0 Å². The van der Waals surface area contributed by atoms with Crippen molar-refractivity contribution >= 4 is 55.9 Å². The van der Waals surface area contributed by atoms with Crippen molar-refractivity contribution in [2.75, 3.05) is 41.7 Å². The van der Waals surface area contributed by atoms with Gasteiger partial charge in [0, 0.05) is 63.2 Å². The number of piperazine rings is 1. The second-order valence-electron chi connectivity index (χ2n) is 7.26. The first-order valence-electron chi connectivity index (χ1n) is 9.85. The molecule has 0 radical (unpaired) electrons. The fraction of sp³-hybridized carbons (Fsp3) is 0.286. The summed E-state index contributed by atoms with van der Waals surface area (Å²) in [5.41, 5.74) is 2.21. The lowest BCUT2D eigenvalue weighted by Crippen LogP contribution is -2.48. The molecule has 160 valence electrons. The van der Waals surface area contributed by atoms with Crippen LogP contribution < -0.4 is 15.5 Å². The van der Waals surface area contributed by atoms with Crippen LogP contribution in [0.15, 0.2) is 36.5 Å². The number of carbonyl (C=O) groups is 3. The highest BCUT2D eigenvalue weighted by Gasteiger charge is 2.24. The number of nitrogens with zero attached hydrogens (tertiary/aromatic N) is 4. The fourth-order valence-corrected chi connectivity index (χ4v) is 4.44. The molecule has 2 N–H and O–H groups in total. The number of thiazole rings is 1. The van der Waals surface area contributed by atoms with Gasteiger partial charge in [0.05, 0.1) is 0 Å². The molecule has 1 aliphatic heterocycles. The maximum Gasteiger partial charge on any atom is 0.254 e. The number of rotatable bonds is 4. The van der Waals surface area contributed by atoms with Crippen molar-refractivity contribution in [3.63, 3.8) is 0 Å². The summed E-state index contributed by atoms with van der Waals surface area (Å²) in [5.74, 6) is -0.654. The molecule has 9 nitrogen and oxygen atoms in total.